The lowest BCUT2D eigenvalue weighted by molar-refractivity contribution is 0.167. The molecule has 94 valence electrons. The summed E-state index contributed by atoms with van der Waals surface area (Å²) in [7, 11) is 1.94. The lowest BCUT2D eigenvalue weighted by Gasteiger charge is -2.24. The summed E-state index contributed by atoms with van der Waals surface area (Å²) in [6, 6.07) is 0.156. The van der Waals surface area contributed by atoms with Gasteiger partial charge in [-0.2, -0.15) is 5.10 Å². The molecule has 1 unspecified atom stereocenters. The van der Waals surface area contributed by atoms with Gasteiger partial charge in [-0.05, 0) is 31.9 Å². The Morgan fingerprint density at radius 1 is 1.59 bits per heavy atom. The number of hydrogen-bond donors (Lipinski definition) is 1. The van der Waals surface area contributed by atoms with Crippen LogP contribution in [0.25, 0.3) is 0 Å². The summed E-state index contributed by atoms with van der Waals surface area (Å²) in [6.45, 7) is 3.99. The predicted octanol–water partition coefficient (Wildman–Crippen LogP) is 2.16. The zero-order valence-corrected chi connectivity index (χ0v) is 10.6. The fourth-order valence-electron chi connectivity index (χ4n) is 2.04. The largest absolute Gasteiger partial charge is 0.496 e. The zero-order valence-electron chi connectivity index (χ0n) is 10.6. The Morgan fingerprint density at radius 3 is 3.06 bits per heavy atom. The van der Waals surface area contributed by atoms with E-state index < -0.39 is 0 Å². The average molecular weight is 235 g/mol. The van der Waals surface area contributed by atoms with Crippen LogP contribution in [0.1, 0.15) is 37.8 Å². The monoisotopic (exact) mass is 235 g/mol. The quantitative estimate of drug-likeness (QED) is 0.850. The molecule has 1 aliphatic rings. The second kappa shape index (κ2) is 5.87. The molecule has 0 amide bonds. The number of hydrogen-bond acceptors (Lipinski definition) is 3. The van der Waals surface area contributed by atoms with Crippen LogP contribution < -0.4 is 5.32 Å². The van der Waals surface area contributed by atoms with Crippen LogP contribution in [-0.2, 0) is 11.8 Å². The first kappa shape index (κ1) is 12.2. The van der Waals surface area contributed by atoms with E-state index in [2.05, 4.69) is 23.4 Å². The van der Waals surface area contributed by atoms with Gasteiger partial charge in [0.1, 0.15) is 5.76 Å². The van der Waals surface area contributed by atoms with Crippen LogP contribution in [-0.4, -0.2) is 22.9 Å². The normalized spacial score (nSPS) is 17.4. The molecule has 0 radical (unpaired) electrons. The van der Waals surface area contributed by atoms with Gasteiger partial charge in [0.15, 0.2) is 0 Å². The maximum atomic E-state index is 5.76. The van der Waals surface area contributed by atoms with Crippen molar-refractivity contribution in [2.45, 2.75) is 32.2 Å². The highest BCUT2D eigenvalue weighted by Crippen LogP contribution is 2.25. The summed E-state index contributed by atoms with van der Waals surface area (Å²) < 4.78 is 7.60. The molecule has 0 spiro atoms. The molecule has 0 aromatic carbocycles. The molecule has 1 aromatic rings. The van der Waals surface area contributed by atoms with Gasteiger partial charge in [-0.15, -0.1) is 0 Å². The molecule has 1 N–H and O–H groups in total. The molecule has 0 aliphatic carbocycles. The molecule has 2 rings (SSSR count). The second-order valence-electron chi connectivity index (χ2n) is 4.43. The van der Waals surface area contributed by atoms with Crippen molar-refractivity contribution in [2.75, 3.05) is 13.2 Å². The van der Waals surface area contributed by atoms with E-state index in [0.29, 0.717) is 0 Å². The number of ether oxygens (including phenoxy) is 1. The number of nitrogens with zero attached hydrogens (tertiary/aromatic N) is 2. The zero-order chi connectivity index (χ0) is 12.1. The second-order valence-corrected chi connectivity index (χ2v) is 4.43. The van der Waals surface area contributed by atoms with Crippen LogP contribution in [0.3, 0.4) is 0 Å². The maximum absolute atomic E-state index is 5.76. The first-order valence-electron chi connectivity index (χ1n) is 6.36. The predicted molar refractivity (Wildman–Crippen MR) is 67.5 cm³/mol. The van der Waals surface area contributed by atoms with Gasteiger partial charge in [0.05, 0.1) is 18.8 Å². The average Bonchev–Trinajstić information content (AvgIpc) is 2.78. The third-order valence-electron chi connectivity index (χ3n) is 2.90. The number of allylic oxidation sites excluding steroid dienone is 1. The summed E-state index contributed by atoms with van der Waals surface area (Å²) >= 11 is 0. The molecular weight excluding hydrogens is 214 g/mol. The molecule has 4 heteroatoms. The third kappa shape index (κ3) is 3.09. The lowest BCUT2D eigenvalue weighted by atomic mass is 10.1. The van der Waals surface area contributed by atoms with Crippen LogP contribution in [0.5, 0.6) is 0 Å². The molecule has 1 atom stereocenters. The Hall–Kier alpha value is -1.29. The summed E-state index contributed by atoms with van der Waals surface area (Å²) in [5.41, 5.74) is 1.18. The van der Waals surface area contributed by atoms with E-state index in [1.807, 2.05) is 24.1 Å². The van der Waals surface area contributed by atoms with Crippen molar-refractivity contribution in [2.24, 2.45) is 7.05 Å². The fraction of sp³-hybridized carbons (Fsp3) is 0.615. The van der Waals surface area contributed by atoms with Gasteiger partial charge in [-0.3, -0.25) is 4.68 Å². The minimum absolute atomic E-state index is 0.156. The van der Waals surface area contributed by atoms with Crippen molar-refractivity contribution < 1.29 is 4.74 Å². The summed E-state index contributed by atoms with van der Waals surface area (Å²) in [4.78, 5) is 0. The standard InChI is InChI=1S/C13H21N3O/c1-3-7-14-13(11-9-15-16(2)10-11)12-6-4-5-8-17-12/h6,9-10,13-14H,3-5,7-8H2,1-2H3. The number of aryl methyl sites for hydroxylation is 1. The Labute approximate surface area is 103 Å². The first-order valence-corrected chi connectivity index (χ1v) is 6.36. The smallest absolute Gasteiger partial charge is 0.114 e. The van der Waals surface area contributed by atoms with Crippen molar-refractivity contribution in [3.63, 3.8) is 0 Å². The SMILES string of the molecule is CCCNC(C1=CCCCO1)c1cnn(C)c1. The molecule has 1 aromatic heterocycles. The maximum Gasteiger partial charge on any atom is 0.114 e. The molecular formula is C13H21N3O. The summed E-state index contributed by atoms with van der Waals surface area (Å²) in [6.07, 6.45) is 9.50. The van der Waals surface area contributed by atoms with E-state index in [9.17, 15) is 0 Å². The van der Waals surface area contributed by atoms with Crippen LogP contribution >= 0.6 is 0 Å². The fourth-order valence-corrected chi connectivity index (χ4v) is 2.04. The summed E-state index contributed by atoms with van der Waals surface area (Å²) in [5, 5.41) is 7.76. The Kier molecular flexibility index (Phi) is 4.20. The van der Waals surface area contributed by atoms with Gasteiger partial charge in [-0.25, -0.2) is 0 Å². The van der Waals surface area contributed by atoms with E-state index in [-0.39, 0.29) is 6.04 Å². The molecule has 0 saturated heterocycles. The van der Waals surface area contributed by atoms with E-state index >= 15 is 0 Å². The van der Waals surface area contributed by atoms with Crippen molar-refractivity contribution in [3.8, 4) is 0 Å². The van der Waals surface area contributed by atoms with Gasteiger partial charge < -0.3 is 10.1 Å². The highest BCUT2D eigenvalue weighted by atomic mass is 16.5. The number of rotatable bonds is 5. The van der Waals surface area contributed by atoms with Crippen molar-refractivity contribution in [3.05, 3.63) is 29.8 Å². The van der Waals surface area contributed by atoms with Crippen LogP contribution in [0.2, 0.25) is 0 Å². The van der Waals surface area contributed by atoms with Crippen molar-refractivity contribution in [1.29, 1.82) is 0 Å². The summed E-state index contributed by atoms with van der Waals surface area (Å²) in [5.74, 6) is 1.05. The van der Waals surface area contributed by atoms with E-state index in [0.717, 1.165) is 38.2 Å². The Bertz CT molecular complexity index is 384. The Morgan fingerprint density at radius 2 is 2.47 bits per heavy atom. The minimum Gasteiger partial charge on any atom is -0.496 e. The molecule has 2 heterocycles. The minimum atomic E-state index is 0.156. The van der Waals surface area contributed by atoms with Gasteiger partial charge in [0.25, 0.3) is 0 Å². The molecule has 1 aliphatic heterocycles. The molecule has 0 bridgehead atoms. The Balaban J connectivity index is 2.15. The molecule has 0 saturated carbocycles. The van der Waals surface area contributed by atoms with Gasteiger partial charge in [0, 0.05) is 18.8 Å². The third-order valence-corrected chi connectivity index (χ3v) is 2.90. The topological polar surface area (TPSA) is 39.1 Å². The van der Waals surface area contributed by atoms with Crippen LogP contribution in [0.4, 0.5) is 0 Å². The number of aromatic nitrogens is 2. The highest BCUT2D eigenvalue weighted by Gasteiger charge is 2.20. The lowest BCUT2D eigenvalue weighted by Crippen LogP contribution is -2.26. The van der Waals surface area contributed by atoms with Gasteiger partial charge >= 0.3 is 0 Å². The van der Waals surface area contributed by atoms with Crippen molar-refractivity contribution in [1.82, 2.24) is 15.1 Å². The van der Waals surface area contributed by atoms with E-state index in [1.54, 1.807) is 0 Å². The van der Waals surface area contributed by atoms with E-state index in [4.69, 9.17) is 4.74 Å². The molecule has 4 nitrogen and oxygen atoms in total. The van der Waals surface area contributed by atoms with E-state index in [1.165, 1.54) is 5.56 Å². The van der Waals surface area contributed by atoms with Crippen molar-refractivity contribution >= 4 is 0 Å². The highest BCUT2D eigenvalue weighted by molar-refractivity contribution is 5.21. The first-order chi connectivity index (χ1) is 8.31. The molecule has 0 fully saturated rings. The van der Waals surface area contributed by atoms with Gasteiger partial charge in [-0.1, -0.05) is 6.92 Å². The molecule has 17 heavy (non-hydrogen) atoms. The van der Waals surface area contributed by atoms with Gasteiger partial charge in [0.2, 0.25) is 0 Å². The number of nitrogens with one attached hydrogen (secondary N) is 1. The van der Waals surface area contributed by atoms with Crippen LogP contribution in [0, 0.1) is 0 Å². The van der Waals surface area contributed by atoms with Crippen LogP contribution in [0.15, 0.2) is 24.2 Å².